The number of aromatic nitrogens is 22. The van der Waals surface area contributed by atoms with Crippen LogP contribution in [0.25, 0.3) is 55.8 Å². The second-order valence-electron chi connectivity index (χ2n) is 33.1. The molecule has 11 aromatic heterocycles. The molecule has 6 aliphatic rings. The van der Waals surface area contributed by atoms with Crippen molar-refractivity contribution in [2.24, 2.45) is 0 Å². The highest BCUT2D eigenvalue weighted by Crippen LogP contribution is 2.58. The molecule has 0 aliphatic carbocycles. The topological polar surface area (TPSA) is 902 Å². The fraction of sp³-hybridized carbons (Fsp3) is 0.438. The maximum atomic E-state index is 14.8. The molecule has 6 fully saturated rings. The van der Waals surface area contributed by atoms with Gasteiger partial charge in [-0.1, -0.05) is 30.3 Å². The van der Waals surface area contributed by atoms with Crippen LogP contribution in [-0.2, 0) is 112 Å². The van der Waals surface area contributed by atoms with E-state index in [9.17, 15) is 90.6 Å². The summed E-state index contributed by atoms with van der Waals surface area (Å²) in [5.41, 5.74) is 24.1. The van der Waals surface area contributed by atoms with E-state index in [4.69, 9.17) is 116 Å². The highest BCUT2D eigenvalue weighted by molar-refractivity contribution is 7.48. The lowest BCUT2D eigenvalue weighted by molar-refractivity contribution is -0.0638. The number of aryl methyl sites for hydroxylation is 1. The Labute approximate surface area is 800 Å². The fourth-order valence-corrected chi connectivity index (χ4v) is 22.3. The molecule has 13 aromatic rings. The van der Waals surface area contributed by atoms with Gasteiger partial charge in [0.05, 0.1) is 77.4 Å². The predicted molar refractivity (Wildman–Crippen MR) is 480 cm³/mol. The Balaban J connectivity index is 0.545. The van der Waals surface area contributed by atoms with Gasteiger partial charge in [-0.3, -0.25) is 131 Å². The van der Waals surface area contributed by atoms with Crippen molar-refractivity contribution in [3.8, 4) is 11.5 Å². The van der Waals surface area contributed by atoms with Crippen LogP contribution in [0.2, 0.25) is 0 Å². The van der Waals surface area contributed by atoms with E-state index in [0.29, 0.717) is 5.75 Å². The number of anilines is 5. The molecule has 144 heavy (non-hydrogen) atoms. The Morgan fingerprint density at radius 3 is 1.03 bits per heavy atom. The van der Waals surface area contributed by atoms with E-state index < -0.39 is 281 Å². The minimum absolute atomic E-state index is 0.00538. The van der Waals surface area contributed by atoms with Crippen LogP contribution < -0.4 is 71.4 Å². The molecule has 24 unspecified atom stereocenters. The fourth-order valence-electron chi connectivity index (χ4n) is 16.7. The first kappa shape index (κ1) is 101. The molecule has 0 spiro atoms. The van der Waals surface area contributed by atoms with E-state index in [2.05, 4.69) is 79.7 Å². The number of hydrogen-bond acceptors (Lipinski definition) is 48. The summed E-state index contributed by atoms with van der Waals surface area (Å²) in [6, 6.07) is 14.7. The van der Waals surface area contributed by atoms with Gasteiger partial charge in [-0.15, -0.1) is 0 Å². The van der Waals surface area contributed by atoms with Gasteiger partial charge in [0.1, 0.15) is 134 Å². The van der Waals surface area contributed by atoms with Crippen LogP contribution in [0.4, 0.5) is 29.6 Å². The maximum absolute atomic E-state index is 14.8. The number of rotatable bonds is 39. The number of hydrogen-bond donors (Lipinski definition) is 17. The first-order valence-electron chi connectivity index (χ1n) is 42.9. The molecule has 770 valence electrons. The second-order valence-corrected chi connectivity index (χ2v) is 41.5. The lowest BCUT2D eigenvalue weighted by atomic mass is 10.2. The predicted octanol–water partition coefficient (Wildman–Crippen LogP) is 0.501. The van der Waals surface area contributed by atoms with E-state index in [1.165, 1.54) is 53.0 Å². The molecule has 0 saturated carbocycles. The van der Waals surface area contributed by atoms with Crippen molar-refractivity contribution < 1.29 is 149 Å². The zero-order chi connectivity index (χ0) is 102. The average molecular weight is 2130 g/mol. The van der Waals surface area contributed by atoms with Gasteiger partial charge in [0, 0.05) is 50.3 Å². The van der Waals surface area contributed by atoms with Crippen LogP contribution in [0.15, 0.2) is 128 Å². The third kappa shape index (κ3) is 22.3. The monoisotopic (exact) mass is 2130 g/mol. The number of aliphatic hydroxyl groups is 1. The number of ether oxygens (including phenoxy) is 7. The molecule has 22 N–H and O–H groups in total. The van der Waals surface area contributed by atoms with Gasteiger partial charge >= 0.3 is 52.6 Å². The second kappa shape index (κ2) is 40.1. The number of phosphoric acid groups is 6. The molecule has 71 heteroatoms. The summed E-state index contributed by atoms with van der Waals surface area (Å²) >= 11 is 0. The molecule has 19 rings (SSSR count). The quantitative estimate of drug-likeness (QED) is 0.0233. The summed E-state index contributed by atoms with van der Waals surface area (Å²) in [5.74, 6) is -1.36. The van der Waals surface area contributed by atoms with Gasteiger partial charge in [-0.2, -0.15) is 19.9 Å². The first-order valence-corrected chi connectivity index (χ1v) is 51.9. The zero-order valence-electron chi connectivity index (χ0n) is 73.8. The molecule has 65 nitrogen and oxygen atoms in total. The summed E-state index contributed by atoms with van der Waals surface area (Å²) in [6.07, 6.45) is -23.4. The highest BCUT2D eigenvalue weighted by Gasteiger charge is 2.53. The minimum atomic E-state index is -5.73. The van der Waals surface area contributed by atoms with Gasteiger partial charge in [0.15, 0.2) is 56.1 Å². The molecule has 24 atom stereocenters. The number of fused-ring (bicyclic) bond motifs is 5. The Hall–Kier alpha value is -11.9. The highest BCUT2D eigenvalue weighted by atomic mass is 31.2. The SMILES string of the molecule is Cc1cn(C2CC(OP(=O)(O)OCC3OC(n4cnc5c(=O)[nH]c(N)nc54)CC3OP(=O)(O)OCC3OC(n4cnc5c(=O)[nH]c(N)nc54)CC3OP(=O)(O)OCC3OC(n4cnc5c(=O)[nH]c(N)nc54)CC3OP(=O)(O)OCC3OC(n4cnc5c(N)ncnc54)CC3OP(=O)(O)OCC3OC(n4cnc5c(=O)[nH]c(N)nc54)CC3O)C(COP(=O)(O)Oc3ccc(OCc4ccccc4)cc3)O2)c(=O)[nH]c1=O. The number of nitrogen functional groups attached to an aromatic ring is 5. The van der Waals surface area contributed by atoms with Crippen molar-refractivity contribution in [3.63, 3.8) is 0 Å². The van der Waals surface area contributed by atoms with Crippen molar-refractivity contribution in [3.05, 3.63) is 172 Å². The van der Waals surface area contributed by atoms with Gasteiger partial charge < -0.3 is 95.9 Å². The van der Waals surface area contributed by atoms with Gasteiger partial charge in [-0.25, -0.2) is 67.1 Å². The third-order valence-electron chi connectivity index (χ3n) is 23.4. The van der Waals surface area contributed by atoms with Crippen molar-refractivity contribution >= 4 is 132 Å². The Morgan fingerprint density at radius 2 is 0.667 bits per heavy atom. The lowest BCUT2D eigenvalue weighted by Gasteiger charge is -2.26. The largest absolute Gasteiger partial charge is 0.527 e. The maximum Gasteiger partial charge on any atom is 0.527 e. The van der Waals surface area contributed by atoms with E-state index in [1.54, 1.807) is 0 Å². The van der Waals surface area contributed by atoms with Gasteiger partial charge in [0.2, 0.25) is 23.8 Å². The van der Waals surface area contributed by atoms with Gasteiger partial charge in [0.25, 0.3) is 27.8 Å². The van der Waals surface area contributed by atoms with Crippen LogP contribution in [0, 0.1) is 6.92 Å². The minimum Gasteiger partial charge on any atom is -0.489 e. The number of nitrogens with one attached hydrogen (secondary N) is 5. The molecule has 0 radical (unpaired) electrons. The normalized spacial score (nSPS) is 27.2. The number of H-pyrrole nitrogens is 5. The first-order chi connectivity index (χ1) is 68.4. The summed E-state index contributed by atoms with van der Waals surface area (Å²) < 4.78 is 203. The Kier molecular flexibility index (Phi) is 28.1. The third-order valence-corrected chi connectivity index (χ3v) is 29.3. The van der Waals surface area contributed by atoms with Crippen molar-refractivity contribution in [2.75, 3.05) is 68.3 Å². The van der Waals surface area contributed by atoms with Crippen LogP contribution in [-0.4, -0.2) is 255 Å². The number of nitrogens with zero attached hydrogens (tertiary/aromatic N) is 17. The molecule has 2 aromatic carbocycles. The van der Waals surface area contributed by atoms with Crippen LogP contribution in [0.3, 0.4) is 0 Å². The smallest absolute Gasteiger partial charge is 0.489 e. The molecule has 0 bridgehead atoms. The van der Waals surface area contributed by atoms with E-state index in [0.717, 1.165) is 55.3 Å². The summed E-state index contributed by atoms with van der Waals surface area (Å²) in [5, 5.41) is 11.1. The van der Waals surface area contributed by atoms with Crippen molar-refractivity contribution in [1.82, 2.24) is 107 Å². The van der Waals surface area contributed by atoms with Crippen LogP contribution in [0.5, 0.6) is 11.5 Å². The van der Waals surface area contributed by atoms with E-state index >= 15 is 0 Å². The van der Waals surface area contributed by atoms with Crippen molar-refractivity contribution in [1.29, 1.82) is 0 Å². The number of phosphoric ester groups is 6. The molecule has 17 heterocycles. The standard InChI is InChI=1S/C73H85N27O38P6/c1-31-17-95(73(107)94-64(31)102)48-12-36(42(128-48)20-122-139(108,109)133-34-9-7-33(8-10-34)120-18-32-5-3-2-4-6-32)134-141(112,113)124-22-44-38(14-50(130-44)98-28-83-55-61(98)87-70(76)91-66(55)104)137-143(116,117)126-24-46-40(16-52(132-46)100-30-85-57-63(100)89-72(78)93-68(57)106)138-144(118,119)125-23-45-39(15-51(131-45)99-29-84-56-62(99)88-71(77)92-67(56)105)136-142(114,115)123-21-43-37(13-49(129-43)96-26-81-53-58(74)79-25-80-59(53)96)135-140(110,111)121-19-41-35(101)11-47(127-41)97-27-82-54-60(97)86-69(75)90-65(54)103/h2-10,17,25-30,35-52,101H,11-16,18-24H2,1H3,(H,108,109)(H,110,111)(H,112,113)(H,114,115)(H,116,117)(H,118,119)(H2,74,79,80)(H,94,102,107)(H3,75,86,90,103)(H3,76,87,91,104)(H3,77,88,92,105)(H3,78,89,93,106). The van der Waals surface area contributed by atoms with E-state index in [-0.39, 0.29) is 91.9 Å². The Morgan fingerprint density at radius 1 is 0.361 bits per heavy atom. The molecular weight excluding hydrogens is 2050 g/mol. The van der Waals surface area contributed by atoms with E-state index in [1.807, 2.05) is 30.3 Å². The molecule has 6 aliphatic heterocycles. The van der Waals surface area contributed by atoms with Crippen LogP contribution >= 0.6 is 46.9 Å². The number of aromatic amines is 5. The lowest BCUT2D eigenvalue weighted by Crippen LogP contribution is -2.33. The Bertz CT molecular complexity index is 7740. The molecule has 6 saturated heterocycles. The average Bonchev–Trinajstić information content (AvgIpc) is 1.64. The molecular formula is C73H85N27O38P6. The zero-order valence-corrected chi connectivity index (χ0v) is 79.1. The number of nitrogens with two attached hydrogens (primary N) is 5. The summed E-state index contributed by atoms with van der Waals surface area (Å²) in [7, 11) is -33.2. The number of aliphatic hydroxyl groups excluding tert-OH is 1. The summed E-state index contributed by atoms with van der Waals surface area (Å²) in [6.45, 7) is -4.73. The molecule has 0 amide bonds. The van der Waals surface area contributed by atoms with Crippen molar-refractivity contribution in [2.45, 2.75) is 163 Å². The number of benzene rings is 2. The number of imidazole rings is 5. The van der Waals surface area contributed by atoms with Crippen LogP contribution in [0.1, 0.15) is 87.0 Å². The van der Waals surface area contributed by atoms with Gasteiger partial charge in [-0.05, 0) is 36.8 Å². The summed E-state index contributed by atoms with van der Waals surface area (Å²) in [4.78, 5) is 204.